The predicted octanol–water partition coefficient (Wildman–Crippen LogP) is -0.320. The number of aliphatic hydroxyl groups excluding tert-OH is 1. The van der Waals surface area contributed by atoms with Gasteiger partial charge in [0, 0.05) is 6.08 Å². The maximum absolute atomic E-state index is 11.0. The van der Waals surface area contributed by atoms with Crippen molar-refractivity contribution in [2.24, 2.45) is 0 Å². The number of carboxylic acid groups (broad SMARTS) is 1. The van der Waals surface area contributed by atoms with Crippen LogP contribution in [0.5, 0.6) is 0 Å². The molecule has 0 bridgehead atoms. The van der Waals surface area contributed by atoms with Gasteiger partial charge in [-0.25, -0.2) is 4.79 Å². The highest BCUT2D eigenvalue weighted by atomic mass is 16.4. The number of aliphatic hydroxyl groups is 1. The molecule has 5 nitrogen and oxygen atoms in total. The fourth-order valence-electron chi connectivity index (χ4n) is 0.659. The predicted molar refractivity (Wildman–Crippen MR) is 50.6 cm³/mol. The summed E-state index contributed by atoms with van der Waals surface area (Å²) in [7, 11) is 0. The SMILES string of the molecule is CC=CC=CC(=O)N[C@H](CO)C(=O)O. The third kappa shape index (κ3) is 5.10. The third-order valence-electron chi connectivity index (χ3n) is 1.35. The van der Waals surface area contributed by atoms with E-state index in [1.54, 1.807) is 19.1 Å². The molecule has 0 aromatic rings. The lowest BCUT2D eigenvalue weighted by atomic mass is 10.3. The summed E-state index contributed by atoms with van der Waals surface area (Å²) in [5.74, 6) is -1.81. The summed E-state index contributed by atoms with van der Waals surface area (Å²) in [5, 5.41) is 19.2. The minimum Gasteiger partial charge on any atom is -0.480 e. The molecule has 0 aliphatic carbocycles. The molecular weight excluding hydrogens is 186 g/mol. The van der Waals surface area contributed by atoms with E-state index in [0.29, 0.717) is 0 Å². The molecule has 1 atom stereocenters. The van der Waals surface area contributed by atoms with Crippen LogP contribution in [0.15, 0.2) is 24.3 Å². The van der Waals surface area contributed by atoms with Gasteiger partial charge in [0.05, 0.1) is 6.61 Å². The topological polar surface area (TPSA) is 86.6 Å². The van der Waals surface area contributed by atoms with Crippen LogP contribution in [0.4, 0.5) is 0 Å². The number of rotatable bonds is 5. The van der Waals surface area contributed by atoms with Crippen molar-refractivity contribution in [1.82, 2.24) is 5.32 Å². The maximum Gasteiger partial charge on any atom is 0.328 e. The first-order chi connectivity index (χ1) is 6.61. The Hall–Kier alpha value is -1.62. The zero-order valence-electron chi connectivity index (χ0n) is 7.80. The molecule has 0 unspecified atom stereocenters. The Morgan fingerprint density at radius 1 is 1.43 bits per heavy atom. The highest BCUT2D eigenvalue weighted by molar-refractivity contribution is 5.91. The Balaban J connectivity index is 4.09. The van der Waals surface area contributed by atoms with Crippen LogP contribution in [-0.4, -0.2) is 34.7 Å². The Morgan fingerprint density at radius 2 is 2.07 bits per heavy atom. The van der Waals surface area contributed by atoms with Crippen LogP contribution in [0, 0.1) is 0 Å². The van der Waals surface area contributed by atoms with Crippen molar-refractivity contribution in [2.75, 3.05) is 6.61 Å². The number of allylic oxidation sites excluding steroid dienone is 3. The number of nitrogens with one attached hydrogen (secondary N) is 1. The van der Waals surface area contributed by atoms with Gasteiger partial charge < -0.3 is 15.5 Å². The minimum absolute atomic E-state index is 0.551. The Kier molecular flexibility index (Phi) is 6.06. The molecule has 78 valence electrons. The molecule has 0 radical (unpaired) electrons. The van der Waals surface area contributed by atoms with Gasteiger partial charge in [-0.2, -0.15) is 0 Å². The number of carboxylic acids is 1. The highest BCUT2D eigenvalue weighted by Crippen LogP contribution is 1.84. The molecule has 0 spiro atoms. The molecule has 0 aliphatic heterocycles. The van der Waals surface area contributed by atoms with Gasteiger partial charge in [-0.3, -0.25) is 4.79 Å². The number of hydrogen-bond acceptors (Lipinski definition) is 3. The van der Waals surface area contributed by atoms with Crippen molar-refractivity contribution in [3.8, 4) is 0 Å². The molecule has 1 amide bonds. The molecule has 5 heteroatoms. The lowest BCUT2D eigenvalue weighted by molar-refractivity contribution is -0.142. The minimum atomic E-state index is -1.26. The molecular formula is C9H13NO4. The van der Waals surface area contributed by atoms with E-state index >= 15 is 0 Å². The van der Waals surface area contributed by atoms with E-state index in [1.165, 1.54) is 12.2 Å². The molecule has 0 saturated heterocycles. The largest absolute Gasteiger partial charge is 0.480 e. The van der Waals surface area contributed by atoms with Gasteiger partial charge >= 0.3 is 5.97 Å². The zero-order valence-corrected chi connectivity index (χ0v) is 7.80. The van der Waals surface area contributed by atoms with Gasteiger partial charge in [0.25, 0.3) is 0 Å². The van der Waals surface area contributed by atoms with Gasteiger partial charge in [-0.05, 0) is 6.92 Å². The molecule has 14 heavy (non-hydrogen) atoms. The van der Waals surface area contributed by atoms with Crippen LogP contribution in [-0.2, 0) is 9.59 Å². The van der Waals surface area contributed by atoms with Crippen LogP contribution in [0.1, 0.15) is 6.92 Å². The average Bonchev–Trinajstić information content (AvgIpc) is 2.14. The lowest BCUT2D eigenvalue weighted by Gasteiger charge is -2.08. The molecule has 0 heterocycles. The normalized spacial score (nSPS) is 13.3. The highest BCUT2D eigenvalue weighted by Gasteiger charge is 2.16. The fraction of sp³-hybridized carbons (Fsp3) is 0.333. The summed E-state index contributed by atoms with van der Waals surface area (Å²) < 4.78 is 0. The van der Waals surface area contributed by atoms with Crippen molar-refractivity contribution in [3.05, 3.63) is 24.3 Å². The zero-order chi connectivity index (χ0) is 11.0. The first-order valence-electron chi connectivity index (χ1n) is 4.05. The van der Waals surface area contributed by atoms with Gasteiger partial charge in [0.2, 0.25) is 5.91 Å². The molecule has 0 aliphatic rings. The second-order valence-corrected chi connectivity index (χ2v) is 2.47. The number of carbonyl (C=O) groups excluding carboxylic acids is 1. The van der Waals surface area contributed by atoms with E-state index < -0.39 is 24.5 Å². The van der Waals surface area contributed by atoms with E-state index in [-0.39, 0.29) is 0 Å². The van der Waals surface area contributed by atoms with E-state index in [2.05, 4.69) is 5.32 Å². The fourth-order valence-corrected chi connectivity index (χ4v) is 0.659. The second kappa shape index (κ2) is 6.85. The quantitative estimate of drug-likeness (QED) is 0.418. The van der Waals surface area contributed by atoms with Crippen LogP contribution in [0.3, 0.4) is 0 Å². The first-order valence-corrected chi connectivity index (χ1v) is 4.05. The summed E-state index contributed by atoms with van der Waals surface area (Å²) in [5.41, 5.74) is 0. The van der Waals surface area contributed by atoms with Crippen molar-refractivity contribution in [3.63, 3.8) is 0 Å². The summed E-state index contributed by atoms with van der Waals surface area (Å²) in [6, 6.07) is -1.25. The molecule has 0 fully saturated rings. The number of carbonyl (C=O) groups is 2. The van der Waals surface area contributed by atoms with E-state index in [0.717, 1.165) is 0 Å². The van der Waals surface area contributed by atoms with E-state index in [1.807, 2.05) is 0 Å². The van der Waals surface area contributed by atoms with Gasteiger partial charge in [-0.1, -0.05) is 18.2 Å². The van der Waals surface area contributed by atoms with Crippen molar-refractivity contribution < 1.29 is 19.8 Å². The van der Waals surface area contributed by atoms with E-state index in [9.17, 15) is 9.59 Å². The molecule has 0 saturated carbocycles. The Morgan fingerprint density at radius 3 is 2.50 bits per heavy atom. The van der Waals surface area contributed by atoms with Crippen LogP contribution in [0.2, 0.25) is 0 Å². The maximum atomic E-state index is 11.0. The smallest absolute Gasteiger partial charge is 0.328 e. The summed E-state index contributed by atoms with van der Waals surface area (Å²) >= 11 is 0. The molecule has 3 N–H and O–H groups in total. The van der Waals surface area contributed by atoms with Gasteiger partial charge in [0.15, 0.2) is 6.04 Å². The standard InChI is InChI=1S/C9H13NO4/c1-2-3-4-5-8(12)10-7(6-11)9(13)14/h2-5,7,11H,6H2,1H3,(H,10,12)(H,13,14)/t7-/m1/s1. The van der Waals surface area contributed by atoms with Crippen LogP contribution >= 0.6 is 0 Å². The van der Waals surface area contributed by atoms with Crippen LogP contribution in [0.25, 0.3) is 0 Å². The monoisotopic (exact) mass is 199 g/mol. The van der Waals surface area contributed by atoms with E-state index in [4.69, 9.17) is 10.2 Å². The molecule has 0 aromatic carbocycles. The summed E-state index contributed by atoms with van der Waals surface area (Å²) in [6.07, 6.45) is 6.02. The number of aliphatic carboxylic acids is 1. The van der Waals surface area contributed by atoms with Crippen molar-refractivity contribution in [2.45, 2.75) is 13.0 Å². The third-order valence-corrected chi connectivity index (χ3v) is 1.35. The molecule has 0 aromatic heterocycles. The summed E-state index contributed by atoms with van der Waals surface area (Å²) in [4.78, 5) is 21.4. The first kappa shape index (κ1) is 12.4. The number of hydrogen-bond donors (Lipinski definition) is 3. The molecule has 0 rings (SSSR count). The average molecular weight is 199 g/mol. The van der Waals surface area contributed by atoms with Crippen LogP contribution < -0.4 is 5.32 Å². The lowest BCUT2D eigenvalue weighted by Crippen LogP contribution is -2.42. The van der Waals surface area contributed by atoms with Crippen molar-refractivity contribution in [1.29, 1.82) is 0 Å². The van der Waals surface area contributed by atoms with Gasteiger partial charge in [0.1, 0.15) is 0 Å². The number of amides is 1. The Labute approximate surface area is 81.7 Å². The van der Waals surface area contributed by atoms with Gasteiger partial charge in [-0.15, -0.1) is 0 Å². The Bertz CT molecular complexity index is 258. The van der Waals surface area contributed by atoms with Crippen molar-refractivity contribution >= 4 is 11.9 Å². The summed E-state index contributed by atoms with van der Waals surface area (Å²) in [6.45, 7) is 1.16. The second-order valence-electron chi connectivity index (χ2n) is 2.47.